The summed E-state index contributed by atoms with van der Waals surface area (Å²) >= 11 is 0. The van der Waals surface area contributed by atoms with E-state index < -0.39 is 10.0 Å². The Hall–Kier alpha value is -1.66. The quantitative estimate of drug-likeness (QED) is 0.698. The van der Waals surface area contributed by atoms with Crippen molar-refractivity contribution in [1.82, 2.24) is 4.31 Å². The Bertz CT molecular complexity index is 737. The van der Waals surface area contributed by atoms with E-state index in [-0.39, 0.29) is 12.5 Å². The van der Waals surface area contributed by atoms with Gasteiger partial charge in [0, 0.05) is 12.2 Å². The molecule has 6 heteroatoms. The minimum atomic E-state index is -3.43. The maximum Gasteiger partial charge on any atom is 0.239 e. The number of sulfonamides is 1. The van der Waals surface area contributed by atoms with Crippen molar-refractivity contribution < 1.29 is 13.2 Å². The third-order valence-corrected chi connectivity index (χ3v) is 5.97. The summed E-state index contributed by atoms with van der Waals surface area (Å²) in [6, 6.07) is 7.66. The molecule has 0 aliphatic heterocycles. The van der Waals surface area contributed by atoms with Gasteiger partial charge in [0.25, 0.3) is 0 Å². The van der Waals surface area contributed by atoms with Crippen LogP contribution in [-0.4, -0.2) is 38.0 Å². The summed E-state index contributed by atoms with van der Waals surface area (Å²) in [4.78, 5) is 12.3. The molecule has 5 nitrogen and oxygen atoms in total. The highest BCUT2D eigenvalue weighted by atomic mass is 32.2. The van der Waals surface area contributed by atoms with Gasteiger partial charge in [-0.25, -0.2) is 8.42 Å². The molecule has 0 spiro atoms. The van der Waals surface area contributed by atoms with Gasteiger partial charge in [0.1, 0.15) is 0 Å². The minimum absolute atomic E-state index is 0.155. The molecule has 1 aliphatic rings. The predicted octanol–water partition coefficient (Wildman–Crippen LogP) is 3.90. The summed E-state index contributed by atoms with van der Waals surface area (Å²) in [7, 11) is -3.43. The van der Waals surface area contributed by atoms with Gasteiger partial charge < -0.3 is 5.32 Å². The van der Waals surface area contributed by atoms with Crippen LogP contribution in [0.25, 0.3) is 0 Å². The van der Waals surface area contributed by atoms with Gasteiger partial charge in [-0.05, 0) is 55.7 Å². The number of amides is 1. The van der Waals surface area contributed by atoms with Crippen LogP contribution in [0.2, 0.25) is 0 Å². The number of allylic oxidation sites excluding steroid dienone is 1. The average Bonchev–Trinajstić information content (AvgIpc) is 2.59. The van der Waals surface area contributed by atoms with Crippen LogP contribution >= 0.6 is 0 Å². The molecule has 1 amide bonds. The van der Waals surface area contributed by atoms with Crippen molar-refractivity contribution in [1.29, 1.82) is 0 Å². The van der Waals surface area contributed by atoms with Crippen LogP contribution in [0, 0.1) is 0 Å². The molecule has 26 heavy (non-hydrogen) atoms. The van der Waals surface area contributed by atoms with E-state index in [1.54, 1.807) is 0 Å². The standard InChI is InChI=1S/C20H30N2O3S/c1-16(2)18-9-11-19(12-10-18)21-20(23)15-22(26(3,24)25)14-13-17-7-5-4-6-8-17/h7,9-12,16H,4-6,8,13-15H2,1-3H3,(H,21,23). The van der Waals surface area contributed by atoms with Crippen LogP contribution in [0.15, 0.2) is 35.9 Å². The van der Waals surface area contributed by atoms with Gasteiger partial charge in [-0.15, -0.1) is 0 Å². The minimum Gasteiger partial charge on any atom is -0.325 e. The second-order valence-electron chi connectivity index (χ2n) is 7.28. The Morgan fingerprint density at radius 1 is 1.19 bits per heavy atom. The Labute approximate surface area is 157 Å². The Morgan fingerprint density at radius 2 is 1.88 bits per heavy atom. The van der Waals surface area contributed by atoms with E-state index in [1.807, 2.05) is 24.3 Å². The molecule has 0 radical (unpaired) electrons. The molecule has 144 valence electrons. The van der Waals surface area contributed by atoms with E-state index in [4.69, 9.17) is 0 Å². The maximum absolute atomic E-state index is 12.3. The number of hydrogen-bond acceptors (Lipinski definition) is 3. The van der Waals surface area contributed by atoms with Crippen molar-refractivity contribution in [3.8, 4) is 0 Å². The van der Waals surface area contributed by atoms with Crippen LogP contribution in [0.5, 0.6) is 0 Å². The molecule has 1 aliphatic carbocycles. The molecule has 0 saturated carbocycles. The SMILES string of the molecule is CC(C)c1ccc(NC(=O)CN(CCC2=CCCCC2)S(C)(=O)=O)cc1. The first-order valence-electron chi connectivity index (χ1n) is 9.28. The lowest BCUT2D eigenvalue weighted by molar-refractivity contribution is -0.116. The van der Waals surface area contributed by atoms with Gasteiger partial charge in [-0.3, -0.25) is 4.79 Å². The summed E-state index contributed by atoms with van der Waals surface area (Å²) in [5.74, 6) is 0.111. The first-order valence-corrected chi connectivity index (χ1v) is 11.1. The van der Waals surface area contributed by atoms with Crippen molar-refractivity contribution in [3.05, 3.63) is 41.5 Å². The second kappa shape index (κ2) is 9.33. The number of carbonyl (C=O) groups excluding carboxylic acids is 1. The topological polar surface area (TPSA) is 66.5 Å². The number of anilines is 1. The first-order chi connectivity index (χ1) is 12.3. The number of rotatable bonds is 8. The molecular formula is C20H30N2O3S. The molecular weight excluding hydrogens is 348 g/mol. The van der Waals surface area contributed by atoms with Crippen molar-refractivity contribution in [2.75, 3.05) is 24.7 Å². The predicted molar refractivity (Wildman–Crippen MR) is 107 cm³/mol. The van der Waals surface area contributed by atoms with Gasteiger partial charge in [-0.1, -0.05) is 37.6 Å². The van der Waals surface area contributed by atoms with Crippen molar-refractivity contribution in [2.24, 2.45) is 0 Å². The van der Waals surface area contributed by atoms with Crippen LogP contribution in [0.4, 0.5) is 5.69 Å². The number of hydrogen-bond donors (Lipinski definition) is 1. The van der Waals surface area contributed by atoms with Crippen LogP contribution < -0.4 is 5.32 Å². The smallest absolute Gasteiger partial charge is 0.239 e. The zero-order valence-electron chi connectivity index (χ0n) is 16.0. The van der Waals surface area contributed by atoms with Crippen molar-refractivity contribution in [2.45, 2.75) is 51.9 Å². The van der Waals surface area contributed by atoms with Crippen LogP contribution in [0.3, 0.4) is 0 Å². The number of nitrogens with zero attached hydrogens (tertiary/aromatic N) is 1. The lowest BCUT2D eigenvalue weighted by Crippen LogP contribution is -2.38. The van der Waals surface area contributed by atoms with Gasteiger partial charge in [0.2, 0.25) is 15.9 Å². The summed E-state index contributed by atoms with van der Waals surface area (Å²) in [6.45, 7) is 4.42. The molecule has 0 fully saturated rings. The number of carbonyl (C=O) groups is 1. The highest BCUT2D eigenvalue weighted by molar-refractivity contribution is 7.88. The van der Waals surface area contributed by atoms with E-state index in [1.165, 1.54) is 21.9 Å². The normalized spacial score (nSPS) is 15.2. The first kappa shape index (κ1) is 20.6. The van der Waals surface area contributed by atoms with E-state index in [0.29, 0.717) is 24.6 Å². The van der Waals surface area contributed by atoms with Gasteiger partial charge in [-0.2, -0.15) is 4.31 Å². The second-order valence-corrected chi connectivity index (χ2v) is 9.26. The third kappa shape index (κ3) is 6.57. The fourth-order valence-corrected chi connectivity index (χ4v) is 3.85. The van der Waals surface area contributed by atoms with E-state index in [0.717, 1.165) is 25.5 Å². The van der Waals surface area contributed by atoms with Gasteiger partial charge in [0.05, 0.1) is 12.8 Å². The molecule has 0 saturated heterocycles. The van der Waals surface area contributed by atoms with Crippen molar-refractivity contribution >= 4 is 21.6 Å². The molecule has 0 heterocycles. The number of nitrogens with one attached hydrogen (secondary N) is 1. The molecule has 0 bridgehead atoms. The van der Waals surface area contributed by atoms with Crippen molar-refractivity contribution in [3.63, 3.8) is 0 Å². The molecule has 1 aromatic carbocycles. The maximum atomic E-state index is 12.3. The molecule has 0 unspecified atom stereocenters. The van der Waals surface area contributed by atoms with Crippen LogP contribution in [0.1, 0.15) is 57.4 Å². The average molecular weight is 379 g/mol. The fraction of sp³-hybridized carbons (Fsp3) is 0.550. The molecule has 2 rings (SSSR count). The Morgan fingerprint density at radius 3 is 2.42 bits per heavy atom. The van der Waals surface area contributed by atoms with E-state index >= 15 is 0 Å². The molecule has 0 atom stereocenters. The monoisotopic (exact) mass is 378 g/mol. The van der Waals surface area contributed by atoms with E-state index in [9.17, 15) is 13.2 Å². The lowest BCUT2D eigenvalue weighted by atomic mass is 9.97. The summed E-state index contributed by atoms with van der Waals surface area (Å²) in [5.41, 5.74) is 3.18. The Kier molecular flexibility index (Phi) is 7.41. The molecule has 0 aromatic heterocycles. The fourth-order valence-electron chi connectivity index (χ4n) is 3.07. The molecule has 1 aromatic rings. The molecule has 1 N–H and O–H groups in total. The zero-order valence-corrected chi connectivity index (χ0v) is 16.8. The van der Waals surface area contributed by atoms with Gasteiger partial charge >= 0.3 is 0 Å². The Balaban J connectivity index is 1.94. The largest absolute Gasteiger partial charge is 0.325 e. The highest BCUT2D eigenvalue weighted by Gasteiger charge is 2.20. The number of benzene rings is 1. The zero-order chi connectivity index (χ0) is 19.2. The van der Waals surface area contributed by atoms with E-state index in [2.05, 4.69) is 25.2 Å². The summed E-state index contributed by atoms with van der Waals surface area (Å²) in [5, 5.41) is 2.79. The summed E-state index contributed by atoms with van der Waals surface area (Å²) in [6.07, 6.45) is 8.54. The highest BCUT2D eigenvalue weighted by Crippen LogP contribution is 2.21. The van der Waals surface area contributed by atoms with Gasteiger partial charge in [0.15, 0.2) is 0 Å². The van der Waals surface area contributed by atoms with Crippen LogP contribution in [-0.2, 0) is 14.8 Å². The third-order valence-electron chi connectivity index (χ3n) is 4.72. The lowest BCUT2D eigenvalue weighted by Gasteiger charge is -2.21. The summed E-state index contributed by atoms with van der Waals surface area (Å²) < 4.78 is 25.3.